The fourth-order valence-corrected chi connectivity index (χ4v) is 4.41. The predicted molar refractivity (Wildman–Crippen MR) is 127 cm³/mol. The highest BCUT2D eigenvalue weighted by molar-refractivity contribution is 9.10. The topological polar surface area (TPSA) is 36.4 Å². The first-order chi connectivity index (χ1) is 14.5. The fraction of sp³-hybridized carbons (Fsp3) is 0.360. The van der Waals surface area contributed by atoms with Crippen LogP contribution in [0.4, 0.5) is 0 Å². The molecule has 2 aromatic carbocycles. The van der Waals surface area contributed by atoms with Gasteiger partial charge in [-0.05, 0) is 50.2 Å². The minimum absolute atomic E-state index is 0.101. The zero-order valence-corrected chi connectivity index (χ0v) is 19.3. The first-order valence-corrected chi connectivity index (χ1v) is 11.5. The third kappa shape index (κ3) is 4.57. The highest BCUT2D eigenvalue weighted by atomic mass is 79.9. The molecule has 4 nitrogen and oxygen atoms in total. The molecule has 0 spiro atoms. The number of piperazine rings is 1. The molecule has 0 aliphatic carbocycles. The largest absolute Gasteiger partial charge is 0.336 e. The third-order valence-electron chi connectivity index (χ3n) is 5.80. The summed E-state index contributed by atoms with van der Waals surface area (Å²) in [5.74, 6) is 0.101. The second kappa shape index (κ2) is 9.27. The number of unbranched alkanes of at least 4 members (excludes halogenated alkanes) is 1. The maximum Gasteiger partial charge on any atom is 0.254 e. The van der Waals surface area contributed by atoms with Crippen molar-refractivity contribution in [3.8, 4) is 11.3 Å². The Labute approximate surface area is 187 Å². The Bertz CT molecular complexity index is 1060. The number of aromatic nitrogens is 1. The van der Waals surface area contributed by atoms with Crippen molar-refractivity contribution in [2.24, 2.45) is 0 Å². The first-order valence-electron chi connectivity index (χ1n) is 10.7. The molecule has 1 saturated heterocycles. The summed E-state index contributed by atoms with van der Waals surface area (Å²) < 4.78 is 0.957. The van der Waals surface area contributed by atoms with Crippen LogP contribution in [0.5, 0.6) is 0 Å². The number of nitrogens with zero attached hydrogens (tertiary/aromatic N) is 3. The number of hydrogen-bond donors (Lipinski definition) is 0. The van der Waals surface area contributed by atoms with Gasteiger partial charge < -0.3 is 4.90 Å². The molecule has 1 aliphatic heterocycles. The molecule has 3 aromatic rings. The molecule has 4 rings (SSSR count). The number of rotatable bonds is 5. The summed E-state index contributed by atoms with van der Waals surface area (Å²) >= 11 is 3.56. The van der Waals surface area contributed by atoms with E-state index in [0.29, 0.717) is 0 Å². The lowest BCUT2D eigenvalue weighted by Crippen LogP contribution is -2.48. The van der Waals surface area contributed by atoms with Gasteiger partial charge in [-0.3, -0.25) is 9.69 Å². The van der Waals surface area contributed by atoms with E-state index in [9.17, 15) is 4.79 Å². The van der Waals surface area contributed by atoms with Crippen molar-refractivity contribution in [2.75, 3.05) is 32.7 Å². The van der Waals surface area contributed by atoms with Crippen LogP contribution >= 0.6 is 15.9 Å². The molecule has 5 heteroatoms. The second-order valence-electron chi connectivity index (χ2n) is 8.07. The Morgan fingerprint density at radius 2 is 1.87 bits per heavy atom. The molecule has 0 radical (unpaired) electrons. The highest BCUT2D eigenvalue weighted by Gasteiger charge is 2.24. The number of halogens is 1. The third-order valence-corrected chi connectivity index (χ3v) is 6.30. The van der Waals surface area contributed by atoms with E-state index < -0.39 is 0 Å². The summed E-state index contributed by atoms with van der Waals surface area (Å²) in [6.07, 6.45) is 2.43. The monoisotopic (exact) mass is 465 g/mol. The standard InChI is InChI=1S/C25H28BrN3O/c1-3-4-10-28-11-13-29(14-12-28)25(30)22-17-24(19-7-5-6-18(2)15-19)27-23-9-8-20(26)16-21(22)23/h5-9,15-17H,3-4,10-14H2,1-2H3. The van der Waals surface area contributed by atoms with Gasteiger partial charge in [-0.15, -0.1) is 0 Å². The van der Waals surface area contributed by atoms with Crippen LogP contribution in [-0.4, -0.2) is 53.4 Å². The molecule has 0 bridgehead atoms. The molecule has 0 atom stereocenters. The van der Waals surface area contributed by atoms with E-state index >= 15 is 0 Å². The number of pyridine rings is 1. The maximum absolute atomic E-state index is 13.6. The lowest BCUT2D eigenvalue weighted by molar-refractivity contribution is 0.0637. The molecule has 1 aliphatic rings. The van der Waals surface area contributed by atoms with Crippen LogP contribution in [0.1, 0.15) is 35.7 Å². The summed E-state index contributed by atoms with van der Waals surface area (Å²) in [6.45, 7) is 8.87. The number of fused-ring (bicyclic) bond motifs is 1. The quantitative estimate of drug-likeness (QED) is 0.496. The second-order valence-corrected chi connectivity index (χ2v) is 8.99. The van der Waals surface area contributed by atoms with E-state index in [1.807, 2.05) is 35.2 Å². The van der Waals surface area contributed by atoms with Crippen LogP contribution < -0.4 is 0 Å². The summed E-state index contributed by atoms with van der Waals surface area (Å²) in [6, 6.07) is 16.2. The van der Waals surface area contributed by atoms with Gasteiger partial charge in [0.15, 0.2) is 0 Å². The van der Waals surface area contributed by atoms with Crippen molar-refractivity contribution < 1.29 is 4.79 Å². The molecule has 0 N–H and O–H groups in total. The van der Waals surface area contributed by atoms with Gasteiger partial charge in [-0.25, -0.2) is 4.98 Å². The van der Waals surface area contributed by atoms with Gasteiger partial charge >= 0.3 is 0 Å². The molecule has 1 aromatic heterocycles. The average molecular weight is 466 g/mol. The number of benzene rings is 2. The van der Waals surface area contributed by atoms with Crippen molar-refractivity contribution >= 4 is 32.7 Å². The van der Waals surface area contributed by atoms with E-state index in [4.69, 9.17) is 4.98 Å². The Kier molecular flexibility index (Phi) is 6.49. The van der Waals surface area contributed by atoms with E-state index in [1.54, 1.807) is 0 Å². The molecule has 156 valence electrons. The molecular formula is C25H28BrN3O. The van der Waals surface area contributed by atoms with E-state index in [0.717, 1.165) is 64.9 Å². The number of carbonyl (C=O) groups excluding carboxylic acids is 1. The number of carbonyl (C=O) groups is 1. The van der Waals surface area contributed by atoms with Crippen molar-refractivity contribution in [3.63, 3.8) is 0 Å². The van der Waals surface area contributed by atoms with Crippen molar-refractivity contribution in [3.05, 3.63) is 64.1 Å². The summed E-state index contributed by atoms with van der Waals surface area (Å²) in [5.41, 5.74) is 4.65. The minimum atomic E-state index is 0.101. The fourth-order valence-electron chi connectivity index (χ4n) is 4.05. The molecular weight excluding hydrogens is 438 g/mol. The van der Waals surface area contributed by atoms with Crippen LogP contribution in [0, 0.1) is 6.92 Å². The van der Waals surface area contributed by atoms with Crippen LogP contribution in [0.25, 0.3) is 22.2 Å². The SMILES string of the molecule is CCCCN1CCN(C(=O)c2cc(-c3cccc(C)c3)nc3ccc(Br)cc23)CC1. The van der Waals surface area contributed by atoms with Gasteiger partial charge in [0, 0.05) is 41.6 Å². The summed E-state index contributed by atoms with van der Waals surface area (Å²) in [5, 5.41) is 0.902. The smallest absolute Gasteiger partial charge is 0.254 e. The van der Waals surface area contributed by atoms with Crippen molar-refractivity contribution in [2.45, 2.75) is 26.7 Å². The molecule has 0 unspecified atom stereocenters. The van der Waals surface area contributed by atoms with Gasteiger partial charge in [0.1, 0.15) is 0 Å². The van der Waals surface area contributed by atoms with E-state index in [2.05, 4.69) is 52.9 Å². The van der Waals surface area contributed by atoms with Crippen LogP contribution in [0.15, 0.2) is 53.0 Å². The van der Waals surface area contributed by atoms with Gasteiger partial charge in [0.25, 0.3) is 5.91 Å². The van der Waals surface area contributed by atoms with Crippen molar-refractivity contribution in [1.29, 1.82) is 0 Å². The zero-order chi connectivity index (χ0) is 21.1. The zero-order valence-electron chi connectivity index (χ0n) is 17.7. The van der Waals surface area contributed by atoms with Crippen LogP contribution in [0.2, 0.25) is 0 Å². The Balaban J connectivity index is 1.68. The summed E-state index contributed by atoms with van der Waals surface area (Å²) in [7, 11) is 0. The number of aryl methyl sites for hydroxylation is 1. The Morgan fingerprint density at radius 1 is 1.07 bits per heavy atom. The van der Waals surface area contributed by atoms with E-state index in [-0.39, 0.29) is 5.91 Å². The van der Waals surface area contributed by atoms with E-state index in [1.165, 1.54) is 18.4 Å². The molecule has 2 heterocycles. The predicted octanol–water partition coefficient (Wildman–Crippen LogP) is 5.53. The summed E-state index contributed by atoms with van der Waals surface area (Å²) in [4.78, 5) is 22.9. The number of amides is 1. The molecule has 1 fully saturated rings. The maximum atomic E-state index is 13.6. The first kappa shape index (κ1) is 21.0. The Hall–Kier alpha value is -2.24. The molecule has 0 saturated carbocycles. The molecule has 30 heavy (non-hydrogen) atoms. The van der Waals surface area contributed by atoms with Gasteiger partial charge in [0.05, 0.1) is 16.8 Å². The van der Waals surface area contributed by atoms with Gasteiger partial charge in [-0.1, -0.05) is 53.0 Å². The lowest BCUT2D eigenvalue weighted by Gasteiger charge is -2.35. The molecule has 1 amide bonds. The van der Waals surface area contributed by atoms with Crippen LogP contribution in [-0.2, 0) is 0 Å². The van der Waals surface area contributed by atoms with Gasteiger partial charge in [-0.2, -0.15) is 0 Å². The minimum Gasteiger partial charge on any atom is -0.336 e. The lowest BCUT2D eigenvalue weighted by atomic mass is 10.0. The highest BCUT2D eigenvalue weighted by Crippen LogP contribution is 2.28. The van der Waals surface area contributed by atoms with Crippen molar-refractivity contribution in [1.82, 2.24) is 14.8 Å². The normalized spacial score (nSPS) is 15.0. The van der Waals surface area contributed by atoms with Crippen LogP contribution in [0.3, 0.4) is 0 Å². The number of hydrogen-bond acceptors (Lipinski definition) is 3. The van der Waals surface area contributed by atoms with Gasteiger partial charge in [0.2, 0.25) is 0 Å². The average Bonchev–Trinajstić information content (AvgIpc) is 2.77. The Morgan fingerprint density at radius 3 is 2.60 bits per heavy atom.